The van der Waals surface area contributed by atoms with E-state index in [1.54, 1.807) is 12.1 Å². The van der Waals surface area contributed by atoms with Crippen molar-refractivity contribution in [3.63, 3.8) is 0 Å². The summed E-state index contributed by atoms with van der Waals surface area (Å²) in [6, 6.07) is 14.0. The summed E-state index contributed by atoms with van der Waals surface area (Å²) < 4.78 is 0. The van der Waals surface area contributed by atoms with Crippen molar-refractivity contribution in [3.8, 4) is 0 Å². The Morgan fingerprint density at radius 3 is 2.71 bits per heavy atom. The van der Waals surface area contributed by atoms with Crippen LogP contribution in [-0.2, 0) is 17.6 Å². The van der Waals surface area contributed by atoms with Crippen molar-refractivity contribution in [1.29, 1.82) is 0 Å². The molecular weight excluding hydrogens is 322 g/mol. The van der Waals surface area contributed by atoms with Gasteiger partial charge in [-0.2, -0.15) is 0 Å². The minimum Gasteiger partial charge on any atom is -0.376 e. The van der Waals surface area contributed by atoms with Crippen LogP contribution in [0.5, 0.6) is 0 Å². The Morgan fingerprint density at radius 1 is 1.08 bits per heavy atom. The number of nitrogens with one attached hydrogen (secondary N) is 2. The van der Waals surface area contributed by atoms with Gasteiger partial charge in [0.1, 0.15) is 5.82 Å². The van der Waals surface area contributed by atoms with Crippen molar-refractivity contribution >= 4 is 39.8 Å². The molecule has 1 aliphatic rings. The Labute approximate surface area is 144 Å². The topological polar surface area (TPSA) is 54.0 Å². The van der Waals surface area contributed by atoms with E-state index in [-0.39, 0.29) is 12.5 Å². The van der Waals surface area contributed by atoms with Crippen molar-refractivity contribution in [2.75, 3.05) is 17.2 Å². The van der Waals surface area contributed by atoms with E-state index in [1.165, 1.54) is 28.1 Å². The van der Waals surface area contributed by atoms with E-state index in [2.05, 4.69) is 45.9 Å². The van der Waals surface area contributed by atoms with Gasteiger partial charge in [0.2, 0.25) is 5.91 Å². The third-order valence-electron chi connectivity index (χ3n) is 4.31. The van der Waals surface area contributed by atoms with E-state index in [4.69, 9.17) is 11.6 Å². The summed E-state index contributed by atoms with van der Waals surface area (Å²) >= 11 is 5.79. The summed E-state index contributed by atoms with van der Waals surface area (Å²) in [5, 5.41) is 9.04. The highest BCUT2D eigenvalue weighted by atomic mass is 35.5. The molecule has 0 aliphatic heterocycles. The van der Waals surface area contributed by atoms with E-state index >= 15 is 0 Å². The number of amides is 1. The molecule has 24 heavy (non-hydrogen) atoms. The zero-order chi connectivity index (χ0) is 16.5. The molecule has 3 aromatic rings. The largest absolute Gasteiger partial charge is 0.376 e. The summed E-state index contributed by atoms with van der Waals surface area (Å²) in [4.78, 5) is 16.2. The van der Waals surface area contributed by atoms with Crippen LogP contribution in [0.3, 0.4) is 0 Å². The molecule has 0 atom stereocenters. The Kier molecular flexibility index (Phi) is 3.82. The molecule has 0 fully saturated rings. The van der Waals surface area contributed by atoms with Gasteiger partial charge in [0.25, 0.3) is 0 Å². The van der Waals surface area contributed by atoms with Crippen LogP contribution in [0.4, 0.5) is 11.5 Å². The smallest absolute Gasteiger partial charge is 0.244 e. The van der Waals surface area contributed by atoms with Gasteiger partial charge in [-0.25, -0.2) is 4.98 Å². The number of halogens is 1. The molecule has 4 nitrogen and oxygen atoms in total. The molecule has 2 aromatic carbocycles. The highest BCUT2D eigenvalue weighted by Crippen LogP contribution is 2.34. The molecule has 1 aliphatic carbocycles. The first-order chi connectivity index (χ1) is 11.7. The molecule has 5 heteroatoms. The number of carbonyl (C=O) groups excluding carboxylic acids is 1. The van der Waals surface area contributed by atoms with E-state index in [9.17, 15) is 4.79 Å². The molecule has 0 saturated heterocycles. The van der Waals surface area contributed by atoms with Gasteiger partial charge in [-0.15, -0.1) is 0 Å². The van der Waals surface area contributed by atoms with Crippen LogP contribution in [0.25, 0.3) is 10.8 Å². The van der Waals surface area contributed by atoms with Gasteiger partial charge in [-0.1, -0.05) is 35.9 Å². The van der Waals surface area contributed by atoms with Gasteiger partial charge < -0.3 is 10.6 Å². The number of rotatable bonds is 4. The summed E-state index contributed by atoms with van der Waals surface area (Å²) in [7, 11) is 0. The second-order valence-corrected chi connectivity index (χ2v) is 6.31. The van der Waals surface area contributed by atoms with Crippen LogP contribution in [0, 0.1) is 0 Å². The van der Waals surface area contributed by atoms with Gasteiger partial charge in [0, 0.05) is 17.3 Å². The molecule has 0 bridgehead atoms. The number of anilines is 2. The number of carbonyl (C=O) groups is 1. The van der Waals surface area contributed by atoms with Crippen LogP contribution in [0.15, 0.2) is 48.7 Å². The second kappa shape index (κ2) is 6.13. The summed E-state index contributed by atoms with van der Waals surface area (Å²) in [5.41, 5.74) is 3.76. The van der Waals surface area contributed by atoms with E-state index in [1.807, 2.05) is 0 Å². The Hall–Kier alpha value is -2.59. The van der Waals surface area contributed by atoms with Crippen molar-refractivity contribution in [2.24, 2.45) is 0 Å². The molecule has 0 saturated carbocycles. The number of aryl methyl sites for hydroxylation is 2. The number of aromatic nitrogens is 1. The molecule has 1 amide bonds. The van der Waals surface area contributed by atoms with Gasteiger partial charge >= 0.3 is 0 Å². The van der Waals surface area contributed by atoms with Crippen LogP contribution < -0.4 is 10.6 Å². The normalized spacial score (nSPS) is 12.4. The monoisotopic (exact) mass is 337 g/mol. The number of nitrogens with zero attached hydrogens (tertiary/aromatic N) is 1. The summed E-state index contributed by atoms with van der Waals surface area (Å²) in [6.45, 7) is 0.184. The zero-order valence-electron chi connectivity index (χ0n) is 13.0. The van der Waals surface area contributed by atoms with Crippen LogP contribution >= 0.6 is 11.6 Å². The first kappa shape index (κ1) is 15.0. The molecular formula is C19H16ClN3O. The highest BCUT2D eigenvalue weighted by molar-refractivity contribution is 6.30. The van der Waals surface area contributed by atoms with Crippen molar-refractivity contribution < 1.29 is 4.79 Å². The summed E-state index contributed by atoms with van der Waals surface area (Å²) in [6.07, 6.45) is 3.70. The van der Waals surface area contributed by atoms with E-state index in [0.29, 0.717) is 10.8 Å². The molecule has 0 radical (unpaired) electrons. The predicted octanol–water partition coefficient (Wildman–Crippen LogP) is 4.04. The summed E-state index contributed by atoms with van der Waals surface area (Å²) in [5.74, 6) is 0.347. The SMILES string of the molecule is O=C(CNc1ccc2c3c(cccc13)CC2)Nc1ccc(Cl)cn1. The van der Waals surface area contributed by atoms with Crippen LogP contribution in [0.1, 0.15) is 11.1 Å². The molecule has 0 spiro atoms. The van der Waals surface area contributed by atoms with E-state index < -0.39 is 0 Å². The number of pyridine rings is 1. The first-order valence-electron chi connectivity index (χ1n) is 7.89. The molecule has 120 valence electrons. The van der Waals surface area contributed by atoms with Crippen LogP contribution in [0.2, 0.25) is 5.02 Å². The predicted molar refractivity (Wildman–Crippen MR) is 97.7 cm³/mol. The Bertz CT molecular complexity index is 912. The fourth-order valence-electron chi connectivity index (χ4n) is 3.21. The first-order valence-corrected chi connectivity index (χ1v) is 8.27. The van der Waals surface area contributed by atoms with Crippen molar-refractivity contribution in [2.45, 2.75) is 12.8 Å². The zero-order valence-corrected chi connectivity index (χ0v) is 13.7. The standard InChI is InChI=1S/C19H16ClN3O/c20-14-7-9-17(22-10-14)23-18(24)11-21-16-8-6-13-5-4-12-2-1-3-15(16)19(12)13/h1-3,6-10,21H,4-5,11H2,(H,22,23,24). The minimum absolute atomic E-state index is 0.145. The Balaban J connectivity index is 1.49. The number of hydrogen-bond acceptors (Lipinski definition) is 3. The van der Waals surface area contributed by atoms with Gasteiger partial charge in [-0.05, 0) is 47.6 Å². The molecule has 0 unspecified atom stereocenters. The molecule has 1 aromatic heterocycles. The molecule has 2 N–H and O–H groups in total. The molecule has 4 rings (SSSR count). The maximum absolute atomic E-state index is 12.1. The third-order valence-corrected chi connectivity index (χ3v) is 4.53. The lowest BCUT2D eigenvalue weighted by Crippen LogP contribution is -2.22. The number of benzene rings is 2. The third kappa shape index (κ3) is 2.81. The van der Waals surface area contributed by atoms with E-state index in [0.717, 1.165) is 18.5 Å². The molecule has 1 heterocycles. The lowest BCUT2D eigenvalue weighted by molar-refractivity contribution is -0.114. The quantitative estimate of drug-likeness (QED) is 0.755. The van der Waals surface area contributed by atoms with Gasteiger partial charge in [-0.3, -0.25) is 4.79 Å². The lowest BCUT2D eigenvalue weighted by Gasteiger charge is -2.11. The average molecular weight is 338 g/mol. The van der Waals surface area contributed by atoms with Gasteiger partial charge in [0.15, 0.2) is 0 Å². The lowest BCUT2D eigenvalue weighted by atomic mass is 10.0. The maximum atomic E-state index is 12.1. The van der Waals surface area contributed by atoms with Crippen LogP contribution in [-0.4, -0.2) is 17.4 Å². The maximum Gasteiger partial charge on any atom is 0.244 e. The number of hydrogen-bond donors (Lipinski definition) is 2. The fraction of sp³-hybridized carbons (Fsp3) is 0.158. The fourth-order valence-corrected chi connectivity index (χ4v) is 3.33. The highest BCUT2D eigenvalue weighted by Gasteiger charge is 2.15. The van der Waals surface area contributed by atoms with Crippen molar-refractivity contribution in [1.82, 2.24) is 4.98 Å². The average Bonchev–Trinajstić information content (AvgIpc) is 3.01. The minimum atomic E-state index is -0.145. The van der Waals surface area contributed by atoms with Gasteiger partial charge in [0.05, 0.1) is 11.6 Å². The Morgan fingerprint density at radius 2 is 1.92 bits per heavy atom. The van der Waals surface area contributed by atoms with Crippen molar-refractivity contribution in [3.05, 3.63) is 64.8 Å². The second-order valence-electron chi connectivity index (χ2n) is 5.88.